The lowest BCUT2D eigenvalue weighted by molar-refractivity contribution is -0.137. The van der Waals surface area contributed by atoms with Crippen molar-refractivity contribution in [3.63, 3.8) is 0 Å². The molecule has 0 spiro atoms. The normalized spacial score (nSPS) is 11.9. The van der Waals surface area contributed by atoms with Gasteiger partial charge >= 0.3 is 5.97 Å². The minimum Gasteiger partial charge on any atom is -0.491 e. The van der Waals surface area contributed by atoms with Gasteiger partial charge in [-0.15, -0.1) is 0 Å². The van der Waals surface area contributed by atoms with Gasteiger partial charge in [-0.05, 0) is 13.8 Å². The van der Waals surface area contributed by atoms with E-state index in [0.717, 1.165) is 0 Å². The van der Waals surface area contributed by atoms with Crippen LogP contribution in [-0.4, -0.2) is 34.2 Å². The molecule has 1 aromatic rings. The van der Waals surface area contributed by atoms with Crippen LogP contribution in [-0.2, 0) is 4.79 Å². The van der Waals surface area contributed by atoms with Crippen molar-refractivity contribution in [1.29, 1.82) is 0 Å². The Morgan fingerprint density at radius 1 is 1.60 bits per heavy atom. The SMILES string of the molecule is COc1c(C)ncnc1NC(C)C(=O)O. The van der Waals surface area contributed by atoms with Crippen molar-refractivity contribution in [2.45, 2.75) is 19.9 Å². The molecule has 0 aliphatic carbocycles. The topological polar surface area (TPSA) is 84.3 Å². The number of aliphatic carboxylic acids is 1. The van der Waals surface area contributed by atoms with Gasteiger partial charge in [0.2, 0.25) is 0 Å². The van der Waals surface area contributed by atoms with Crippen molar-refractivity contribution in [2.24, 2.45) is 0 Å². The van der Waals surface area contributed by atoms with Gasteiger partial charge in [0.1, 0.15) is 12.4 Å². The number of hydrogen-bond donors (Lipinski definition) is 2. The summed E-state index contributed by atoms with van der Waals surface area (Å²) in [5, 5.41) is 11.5. The largest absolute Gasteiger partial charge is 0.491 e. The Kier molecular flexibility index (Phi) is 3.43. The highest BCUT2D eigenvalue weighted by Crippen LogP contribution is 2.23. The highest BCUT2D eigenvalue weighted by Gasteiger charge is 2.15. The second-order valence-corrected chi connectivity index (χ2v) is 3.05. The minimum atomic E-state index is -0.951. The Morgan fingerprint density at radius 2 is 2.27 bits per heavy atom. The van der Waals surface area contributed by atoms with E-state index in [1.165, 1.54) is 20.4 Å². The van der Waals surface area contributed by atoms with E-state index in [9.17, 15) is 4.79 Å². The number of ether oxygens (including phenoxy) is 1. The van der Waals surface area contributed by atoms with Gasteiger partial charge in [0.15, 0.2) is 11.6 Å². The molecular weight excluding hydrogens is 198 g/mol. The number of aryl methyl sites for hydroxylation is 1. The van der Waals surface area contributed by atoms with E-state index in [1.807, 2.05) is 0 Å². The summed E-state index contributed by atoms with van der Waals surface area (Å²) in [6, 6.07) is -0.729. The highest BCUT2D eigenvalue weighted by molar-refractivity contribution is 5.77. The molecule has 0 fully saturated rings. The van der Waals surface area contributed by atoms with Gasteiger partial charge in [0.25, 0.3) is 0 Å². The summed E-state index contributed by atoms with van der Waals surface area (Å²) in [6.45, 7) is 3.29. The molecule has 0 aliphatic rings. The maximum absolute atomic E-state index is 10.6. The van der Waals surface area contributed by atoms with Crippen LogP contribution < -0.4 is 10.1 Å². The van der Waals surface area contributed by atoms with Gasteiger partial charge in [-0.25, -0.2) is 9.97 Å². The third kappa shape index (κ3) is 2.55. The highest BCUT2D eigenvalue weighted by atomic mass is 16.5. The van der Waals surface area contributed by atoms with E-state index in [2.05, 4.69) is 15.3 Å². The second-order valence-electron chi connectivity index (χ2n) is 3.05. The number of carbonyl (C=O) groups is 1. The first-order valence-corrected chi connectivity index (χ1v) is 4.41. The molecule has 0 bridgehead atoms. The van der Waals surface area contributed by atoms with Gasteiger partial charge in [0, 0.05) is 0 Å². The second kappa shape index (κ2) is 4.59. The first-order chi connectivity index (χ1) is 7.06. The van der Waals surface area contributed by atoms with Crippen molar-refractivity contribution < 1.29 is 14.6 Å². The first-order valence-electron chi connectivity index (χ1n) is 4.41. The zero-order valence-electron chi connectivity index (χ0n) is 8.81. The van der Waals surface area contributed by atoms with Gasteiger partial charge in [-0.3, -0.25) is 4.79 Å². The average molecular weight is 211 g/mol. The van der Waals surface area contributed by atoms with Crippen molar-refractivity contribution >= 4 is 11.8 Å². The summed E-state index contributed by atoms with van der Waals surface area (Å²) >= 11 is 0. The summed E-state index contributed by atoms with van der Waals surface area (Å²) in [4.78, 5) is 18.5. The van der Waals surface area contributed by atoms with Crippen LogP contribution in [0.15, 0.2) is 6.33 Å². The molecule has 82 valence electrons. The van der Waals surface area contributed by atoms with Gasteiger partial charge in [-0.2, -0.15) is 0 Å². The molecule has 1 unspecified atom stereocenters. The van der Waals surface area contributed by atoms with Crippen LogP contribution in [0, 0.1) is 6.92 Å². The number of aromatic nitrogens is 2. The molecule has 0 saturated heterocycles. The lowest BCUT2D eigenvalue weighted by atomic mass is 10.3. The minimum absolute atomic E-state index is 0.389. The van der Waals surface area contributed by atoms with Crippen LogP contribution in [0.3, 0.4) is 0 Å². The van der Waals surface area contributed by atoms with Gasteiger partial charge < -0.3 is 15.2 Å². The Hall–Kier alpha value is -1.85. The molecule has 0 aromatic carbocycles. The predicted molar refractivity (Wildman–Crippen MR) is 54.0 cm³/mol. The molecule has 1 atom stereocenters. The number of carboxylic acid groups (broad SMARTS) is 1. The molecule has 1 rings (SSSR count). The molecule has 0 aliphatic heterocycles. The van der Waals surface area contributed by atoms with Crippen molar-refractivity contribution in [2.75, 3.05) is 12.4 Å². The van der Waals surface area contributed by atoms with Crippen LogP contribution in [0.25, 0.3) is 0 Å². The maximum Gasteiger partial charge on any atom is 0.325 e. The van der Waals surface area contributed by atoms with Crippen LogP contribution in [0.5, 0.6) is 5.75 Å². The lowest BCUT2D eigenvalue weighted by Crippen LogP contribution is -2.26. The molecule has 0 radical (unpaired) electrons. The number of carboxylic acids is 1. The number of anilines is 1. The fourth-order valence-electron chi connectivity index (χ4n) is 1.08. The summed E-state index contributed by atoms with van der Waals surface area (Å²) in [5.41, 5.74) is 0.660. The van der Waals surface area contributed by atoms with Crippen molar-refractivity contribution in [3.05, 3.63) is 12.0 Å². The van der Waals surface area contributed by atoms with E-state index >= 15 is 0 Å². The van der Waals surface area contributed by atoms with Crippen LogP contribution in [0.2, 0.25) is 0 Å². The third-order valence-electron chi connectivity index (χ3n) is 1.91. The standard InChI is InChI=1S/C9H13N3O3/c1-5-7(15-3)8(11-4-10-5)12-6(2)9(13)14/h4,6H,1-3H3,(H,13,14)(H,10,11,12). The predicted octanol–water partition coefficient (Wildman–Crippen LogP) is 0.679. The number of methoxy groups -OCH3 is 1. The molecular formula is C9H13N3O3. The maximum atomic E-state index is 10.6. The fraction of sp³-hybridized carbons (Fsp3) is 0.444. The number of nitrogens with one attached hydrogen (secondary N) is 1. The number of nitrogens with zero attached hydrogens (tertiary/aromatic N) is 2. The van der Waals surface area contributed by atoms with Crippen LogP contribution in [0.4, 0.5) is 5.82 Å². The molecule has 1 heterocycles. The molecule has 15 heavy (non-hydrogen) atoms. The third-order valence-corrected chi connectivity index (χ3v) is 1.91. The molecule has 2 N–H and O–H groups in total. The molecule has 0 saturated carbocycles. The first kappa shape index (κ1) is 11.2. The van der Waals surface area contributed by atoms with E-state index in [1.54, 1.807) is 6.92 Å². The van der Waals surface area contributed by atoms with Crippen LogP contribution in [0.1, 0.15) is 12.6 Å². The van der Waals surface area contributed by atoms with E-state index in [0.29, 0.717) is 17.3 Å². The lowest BCUT2D eigenvalue weighted by Gasteiger charge is -2.13. The van der Waals surface area contributed by atoms with E-state index < -0.39 is 12.0 Å². The molecule has 1 aromatic heterocycles. The van der Waals surface area contributed by atoms with E-state index in [-0.39, 0.29) is 0 Å². The summed E-state index contributed by atoms with van der Waals surface area (Å²) in [5.74, 6) is -0.0983. The molecule has 0 amide bonds. The zero-order chi connectivity index (χ0) is 11.4. The Labute approximate surface area is 87.3 Å². The quantitative estimate of drug-likeness (QED) is 0.761. The van der Waals surface area contributed by atoms with Crippen molar-refractivity contribution in [1.82, 2.24) is 9.97 Å². The van der Waals surface area contributed by atoms with Crippen molar-refractivity contribution in [3.8, 4) is 5.75 Å². The van der Waals surface area contributed by atoms with E-state index in [4.69, 9.17) is 9.84 Å². The summed E-state index contributed by atoms with van der Waals surface area (Å²) < 4.78 is 5.08. The molecule has 6 heteroatoms. The Balaban J connectivity index is 2.94. The van der Waals surface area contributed by atoms with Gasteiger partial charge in [-0.1, -0.05) is 0 Å². The summed E-state index contributed by atoms with van der Waals surface area (Å²) in [6.07, 6.45) is 1.36. The average Bonchev–Trinajstić information content (AvgIpc) is 2.18. The van der Waals surface area contributed by atoms with Crippen LogP contribution >= 0.6 is 0 Å². The number of hydrogen-bond acceptors (Lipinski definition) is 5. The zero-order valence-corrected chi connectivity index (χ0v) is 8.81. The molecule has 6 nitrogen and oxygen atoms in total. The van der Waals surface area contributed by atoms with Gasteiger partial charge in [0.05, 0.1) is 12.8 Å². The Bertz CT molecular complexity index is 368. The monoisotopic (exact) mass is 211 g/mol. The summed E-state index contributed by atoms with van der Waals surface area (Å²) in [7, 11) is 1.49. The Morgan fingerprint density at radius 3 is 2.80 bits per heavy atom. The smallest absolute Gasteiger partial charge is 0.325 e. The fourth-order valence-corrected chi connectivity index (χ4v) is 1.08. The number of rotatable bonds is 4.